The number of hydrogen-bond acceptors (Lipinski definition) is 4. The van der Waals surface area contributed by atoms with Gasteiger partial charge in [-0.05, 0) is 30.5 Å². The molecular formula is C15H20N2O3S. The highest BCUT2D eigenvalue weighted by Gasteiger charge is 2.24. The zero-order valence-corrected chi connectivity index (χ0v) is 13.2. The summed E-state index contributed by atoms with van der Waals surface area (Å²) in [6.45, 7) is 5.38. The second-order valence-electron chi connectivity index (χ2n) is 5.49. The van der Waals surface area contributed by atoms with Crippen LogP contribution in [0.25, 0.3) is 10.9 Å². The number of aromatic nitrogens is 1. The van der Waals surface area contributed by atoms with Crippen molar-refractivity contribution >= 4 is 20.9 Å². The van der Waals surface area contributed by atoms with Crippen molar-refractivity contribution in [2.24, 2.45) is 5.92 Å². The molecule has 2 N–H and O–H groups in total. The van der Waals surface area contributed by atoms with E-state index in [-0.39, 0.29) is 17.4 Å². The molecule has 0 bridgehead atoms. The van der Waals surface area contributed by atoms with Crippen LogP contribution >= 0.6 is 0 Å². The summed E-state index contributed by atoms with van der Waals surface area (Å²) in [5, 5.41) is 10.1. The molecule has 0 aliphatic heterocycles. The first-order chi connectivity index (χ1) is 9.85. The molecule has 0 saturated heterocycles. The predicted molar refractivity (Wildman–Crippen MR) is 82.5 cm³/mol. The van der Waals surface area contributed by atoms with Gasteiger partial charge < -0.3 is 5.11 Å². The Labute approximate surface area is 125 Å². The van der Waals surface area contributed by atoms with Crippen LogP contribution in [0.1, 0.15) is 19.4 Å². The predicted octanol–water partition coefficient (Wildman–Crippen LogP) is 1.84. The summed E-state index contributed by atoms with van der Waals surface area (Å²) >= 11 is 0. The van der Waals surface area contributed by atoms with Gasteiger partial charge in [-0.1, -0.05) is 26.0 Å². The van der Waals surface area contributed by atoms with Crippen molar-refractivity contribution in [1.29, 1.82) is 0 Å². The lowest BCUT2D eigenvalue weighted by Gasteiger charge is -2.20. The molecular weight excluding hydrogens is 288 g/mol. The number of hydrogen-bond donors (Lipinski definition) is 2. The molecule has 21 heavy (non-hydrogen) atoms. The van der Waals surface area contributed by atoms with Gasteiger partial charge in [-0.25, -0.2) is 13.1 Å². The van der Waals surface area contributed by atoms with Crippen LogP contribution in [0.2, 0.25) is 0 Å². The van der Waals surface area contributed by atoms with Crippen molar-refractivity contribution in [3.8, 4) is 0 Å². The maximum absolute atomic E-state index is 12.5. The maximum atomic E-state index is 12.5. The molecule has 2 aromatic rings. The number of nitrogens with zero attached hydrogens (tertiary/aromatic N) is 1. The van der Waals surface area contributed by atoms with Crippen LogP contribution in [0.3, 0.4) is 0 Å². The third-order valence-corrected chi connectivity index (χ3v) is 4.93. The second kappa shape index (κ2) is 6.09. The first kappa shape index (κ1) is 15.9. The smallest absolute Gasteiger partial charge is 0.243 e. The van der Waals surface area contributed by atoms with Gasteiger partial charge in [0.05, 0.1) is 12.1 Å². The number of benzene rings is 1. The van der Waals surface area contributed by atoms with Crippen LogP contribution in [0.5, 0.6) is 0 Å². The Morgan fingerprint density at radius 1 is 1.33 bits per heavy atom. The minimum Gasteiger partial charge on any atom is -0.395 e. The zero-order chi connectivity index (χ0) is 15.6. The Balaban J connectivity index is 2.50. The van der Waals surface area contributed by atoms with Crippen LogP contribution in [0.4, 0.5) is 0 Å². The van der Waals surface area contributed by atoms with Crippen LogP contribution in [-0.4, -0.2) is 31.2 Å². The Kier molecular flexibility index (Phi) is 4.61. The van der Waals surface area contributed by atoms with Crippen molar-refractivity contribution < 1.29 is 13.5 Å². The van der Waals surface area contributed by atoms with E-state index in [9.17, 15) is 13.5 Å². The Morgan fingerprint density at radius 2 is 2.05 bits per heavy atom. The van der Waals surface area contributed by atoms with Gasteiger partial charge >= 0.3 is 0 Å². The second-order valence-corrected chi connectivity index (χ2v) is 7.18. The molecule has 0 aliphatic carbocycles. The Bertz CT molecular complexity index is 742. The van der Waals surface area contributed by atoms with Gasteiger partial charge in [-0.15, -0.1) is 0 Å². The summed E-state index contributed by atoms with van der Waals surface area (Å²) < 4.78 is 27.6. The maximum Gasteiger partial charge on any atom is 0.243 e. The van der Waals surface area contributed by atoms with Crippen molar-refractivity contribution in [2.45, 2.75) is 31.7 Å². The van der Waals surface area contributed by atoms with Crippen LogP contribution < -0.4 is 4.72 Å². The molecule has 0 aliphatic rings. The highest BCUT2D eigenvalue weighted by molar-refractivity contribution is 7.89. The van der Waals surface area contributed by atoms with E-state index in [1.807, 2.05) is 32.9 Å². The summed E-state index contributed by atoms with van der Waals surface area (Å²) in [5.74, 6) is -0.00467. The minimum atomic E-state index is -3.73. The molecule has 1 aromatic carbocycles. The average molecular weight is 308 g/mol. The van der Waals surface area contributed by atoms with Crippen molar-refractivity contribution in [2.75, 3.05) is 6.61 Å². The summed E-state index contributed by atoms with van der Waals surface area (Å²) in [4.78, 5) is 4.38. The first-order valence-corrected chi connectivity index (χ1v) is 8.32. The fourth-order valence-electron chi connectivity index (χ4n) is 2.11. The molecule has 1 atom stereocenters. The Hall–Kier alpha value is -1.50. The topological polar surface area (TPSA) is 79.3 Å². The summed E-state index contributed by atoms with van der Waals surface area (Å²) in [5.41, 5.74) is 1.41. The van der Waals surface area contributed by atoms with Gasteiger partial charge in [0.25, 0.3) is 0 Å². The lowest BCUT2D eigenvalue weighted by Crippen LogP contribution is -2.41. The van der Waals surface area contributed by atoms with E-state index in [1.165, 1.54) is 6.07 Å². The minimum absolute atomic E-state index is 0.00467. The van der Waals surface area contributed by atoms with E-state index in [0.717, 1.165) is 10.9 Å². The number of fused-ring (bicyclic) bond motifs is 1. The van der Waals surface area contributed by atoms with E-state index in [0.29, 0.717) is 5.52 Å². The third kappa shape index (κ3) is 3.40. The van der Waals surface area contributed by atoms with Gasteiger partial charge in [0.1, 0.15) is 4.90 Å². The summed E-state index contributed by atoms with van der Waals surface area (Å²) in [6.07, 6.45) is 1.65. The van der Waals surface area contributed by atoms with Crippen LogP contribution in [0.15, 0.2) is 35.4 Å². The first-order valence-electron chi connectivity index (χ1n) is 6.83. The molecule has 1 aromatic heterocycles. The number of sulfonamides is 1. The number of para-hydroxylation sites is 1. The van der Waals surface area contributed by atoms with E-state index >= 15 is 0 Å². The van der Waals surface area contributed by atoms with Gasteiger partial charge in [-0.2, -0.15) is 0 Å². The third-order valence-electron chi connectivity index (χ3n) is 3.41. The molecule has 114 valence electrons. The van der Waals surface area contributed by atoms with Gasteiger partial charge in [0, 0.05) is 17.6 Å². The van der Waals surface area contributed by atoms with Crippen molar-refractivity contribution in [1.82, 2.24) is 9.71 Å². The number of aliphatic hydroxyl groups is 1. The highest BCUT2D eigenvalue weighted by atomic mass is 32.2. The molecule has 0 spiro atoms. The van der Waals surface area contributed by atoms with Crippen molar-refractivity contribution in [3.05, 3.63) is 36.0 Å². The zero-order valence-electron chi connectivity index (χ0n) is 12.4. The summed E-state index contributed by atoms with van der Waals surface area (Å²) in [7, 11) is -3.73. The molecule has 1 heterocycles. The molecule has 5 nitrogen and oxygen atoms in total. The normalized spacial score (nSPS) is 13.8. The lowest BCUT2D eigenvalue weighted by molar-refractivity contribution is 0.228. The molecule has 0 radical (unpaired) electrons. The largest absolute Gasteiger partial charge is 0.395 e. The van der Waals surface area contributed by atoms with Gasteiger partial charge in [-0.3, -0.25) is 4.98 Å². The molecule has 0 amide bonds. The number of aliphatic hydroxyl groups excluding tert-OH is 1. The van der Waals surface area contributed by atoms with Crippen LogP contribution in [0, 0.1) is 12.8 Å². The molecule has 2 rings (SSSR count). The molecule has 6 heteroatoms. The van der Waals surface area contributed by atoms with Crippen LogP contribution in [-0.2, 0) is 10.0 Å². The fourth-order valence-corrected chi connectivity index (χ4v) is 3.66. The molecule has 1 unspecified atom stereocenters. The molecule has 0 saturated carbocycles. The monoisotopic (exact) mass is 308 g/mol. The van der Waals surface area contributed by atoms with E-state index in [4.69, 9.17) is 0 Å². The SMILES string of the molecule is Cc1cnc2c(S(=O)(=O)NC(CO)C(C)C)cccc2c1. The van der Waals surface area contributed by atoms with E-state index in [1.54, 1.807) is 12.3 Å². The van der Waals surface area contributed by atoms with E-state index < -0.39 is 16.1 Å². The quantitative estimate of drug-likeness (QED) is 0.883. The Morgan fingerprint density at radius 3 is 2.67 bits per heavy atom. The average Bonchev–Trinajstić information content (AvgIpc) is 2.43. The lowest BCUT2D eigenvalue weighted by atomic mass is 10.1. The number of nitrogens with one attached hydrogen (secondary N) is 1. The number of aryl methyl sites for hydroxylation is 1. The van der Waals surface area contributed by atoms with Gasteiger partial charge in [0.15, 0.2) is 0 Å². The molecule has 0 fully saturated rings. The summed E-state index contributed by atoms with van der Waals surface area (Å²) in [6, 6.07) is 6.44. The van der Waals surface area contributed by atoms with E-state index in [2.05, 4.69) is 9.71 Å². The number of rotatable bonds is 5. The van der Waals surface area contributed by atoms with Crippen molar-refractivity contribution in [3.63, 3.8) is 0 Å². The highest BCUT2D eigenvalue weighted by Crippen LogP contribution is 2.22. The standard InChI is InChI=1S/C15H20N2O3S/c1-10(2)13(9-18)17-21(19,20)14-6-4-5-12-7-11(3)8-16-15(12)14/h4-8,10,13,17-18H,9H2,1-3H3. The van der Waals surface area contributed by atoms with Gasteiger partial charge in [0.2, 0.25) is 10.0 Å². The fraction of sp³-hybridized carbons (Fsp3) is 0.400. The number of pyridine rings is 1.